The maximum atomic E-state index is 11.6. The lowest BCUT2D eigenvalue weighted by atomic mass is 10.1. The molecule has 0 unspecified atom stereocenters. The van der Waals surface area contributed by atoms with Crippen LogP contribution in [0.3, 0.4) is 0 Å². The average Bonchev–Trinajstić information content (AvgIpc) is 3.12. The van der Waals surface area contributed by atoms with E-state index in [1.165, 1.54) is 16.9 Å². The highest BCUT2D eigenvalue weighted by Crippen LogP contribution is 2.23. The second-order valence-corrected chi connectivity index (χ2v) is 6.84. The van der Waals surface area contributed by atoms with Crippen molar-refractivity contribution >= 4 is 38.4 Å². The van der Waals surface area contributed by atoms with Gasteiger partial charge in [0.25, 0.3) is 0 Å². The molecule has 0 bridgehead atoms. The Labute approximate surface area is 129 Å². The predicted octanol–water partition coefficient (Wildman–Crippen LogP) is 3.78. The number of aromatic nitrogens is 1. The molecule has 0 aliphatic heterocycles. The van der Waals surface area contributed by atoms with Gasteiger partial charge in [0.2, 0.25) is 0 Å². The van der Waals surface area contributed by atoms with Crippen LogP contribution in [0, 0.1) is 0 Å². The van der Waals surface area contributed by atoms with Gasteiger partial charge in [0, 0.05) is 28.0 Å². The van der Waals surface area contributed by atoms with E-state index in [1.54, 1.807) is 0 Å². The fourth-order valence-corrected chi connectivity index (χ4v) is 2.90. The number of amides is 2. The maximum Gasteiger partial charge on any atom is 0.321 e. The second kappa shape index (κ2) is 5.93. The van der Waals surface area contributed by atoms with Crippen LogP contribution in [0.1, 0.15) is 23.3 Å². The standard InChI is InChI=1S/C14H14BrN3OS/c15-10-3-1-9(2-4-10)7-12-8-16-14(20-12)18-13(19)17-11-5-6-11/h1-4,8,11H,5-7H2,(H2,16,17,18,19). The summed E-state index contributed by atoms with van der Waals surface area (Å²) in [4.78, 5) is 17.0. The monoisotopic (exact) mass is 351 g/mol. The number of hydrogen-bond acceptors (Lipinski definition) is 3. The molecule has 1 heterocycles. The van der Waals surface area contributed by atoms with Crippen molar-refractivity contribution in [3.63, 3.8) is 0 Å². The summed E-state index contributed by atoms with van der Waals surface area (Å²) in [6.45, 7) is 0. The molecule has 1 aliphatic rings. The van der Waals surface area contributed by atoms with Crippen molar-refractivity contribution in [3.8, 4) is 0 Å². The molecule has 1 aliphatic carbocycles. The molecule has 104 valence electrons. The highest BCUT2D eigenvalue weighted by molar-refractivity contribution is 9.10. The van der Waals surface area contributed by atoms with Crippen LogP contribution in [-0.2, 0) is 6.42 Å². The van der Waals surface area contributed by atoms with E-state index in [9.17, 15) is 4.79 Å². The first-order valence-corrected chi connectivity index (χ1v) is 8.06. The van der Waals surface area contributed by atoms with Crippen LogP contribution >= 0.6 is 27.3 Å². The number of urea groups is 1. The average molecular weight is 352 g/mol. The van der Waals surface area contributed by atoms with E-state index in [0.29, 0.717) is 11.2 Å². The first kappa shape index (κ1) is 13.6. The molecule has 0 atom stereocenters. The molecule has 4 nitrogen and oxygen atoms in total. The third kappa shape index (κ3) is 3.80. The first-order valence-electron chi connectivity index (χ1n) is 6.46. The summed E-state index contributed by atoms with van der Waals surface area (Å²) >= 11 is 4.94. The van der Waals surface area contributed by atoms with E-state index in [-0.39, 0.29) is 6.03 Å². The van der Waals surface area contributed by atoms with Gasteiger partial charge in [-0.25, -0.2) is 9.78 Å². The lowest BCUT2D eigenvalue weighted by molar-refractivity contribution is 0.251. The largest absolute Gasteiger partial charge is 0.335 e. The number of halogens is 1. The molecule has 1 fully saturated rings. The van der Waals surface area contributed by atoms with E-state index in [2.05, 4.69) is 43.7 Å². The Kier molecular flexibility index (Phi) is 4.03. The summed E-state index contributed by atoms with van der Waals surface area (Å²) in [7, 11) is 0. The molecular weight excluding hydrogens is 338 g/mol. The van der Waals surface area contributed by atoms with Crippen LogP contribution < -0.4 is 10.6 Å². The van der Waals surface area contributed by atoms with E-state index in [0.717, 1.165) is 28.6 Å². The van der Waals surface area contributed by atoms with Gasteiger partial charge >= 0.3 is 6.03 Å². The quantitative estimate of drug-likeness (QED) is 0.880. The van der Waals surface area contributed by atoms with Gasteiger partial charge < -0.3 is 5.32 Å². The zero-order valence-electron chi connectivity index (χ0n) is 10.7. The van der Waals surface area contributed by atoms with Gasteiger partial charge in [0.1, 0.15) is 0 Å². The third-order valence-corrected chi connectivity index (χ3v) is 4.42. The minimum atomic E-state index is -0.156. The lowest BCUT2D eigenvalue weighted by Gasteiger charge is -2.02. The van der Waals surface area contributed by atoms with E-state index in [4.69, 9.17) is 0 Å². The van der Waals surface area contributed by atoms with Gasteiger partial charge in [-0.15, -0.1) is 11.3 Å². The Balaban J connectivity index is 1.58. The summed E-state index contributed by atoms with van der Waals surface area (Å²) in [6.07, 6.45) is 4.82. The van der Waals surface area contributed by atoms with Gasteiger partial charge in [-0.05, 0) is 30.5 Å². The highest BCUT2D eigenvalue weighted by atomic mass is 79.9. The first-order chi connectivity index (χ1) is 9.69. The van der Waals surface area contributed by atoms with Crippen LogP contribution in [0.5, 0.6) is 0 Å². The Bertz CT molecular complexity index is 607. The molecule has 0 saturated heterocycles. The zero-order valence-corrected chi connectivity index (χ0v) is 13.1. The van der Waals surface area contributed by atoms with Gasteiger partial charge in [-0.1, -0.05) is 28.1 Å². The van der Waals surface area contributed by atoms with Crippen molar-refractivity contribution in [3.05, 3.63) is 45.4 Å². The van der Waals surface area contributed by atoms with Crippen molar-refractivity contribution < 1.29 is 4.79 Å². The van der Waals surface area contributed by atoms with Gasteiger partial charge in [-0.3, -0.25) is 5.32 Å². The van der Waals surface area contributed by atoms with Crippen LogP contribution in [0.2, 0.25) is 0 Å². The molecule has 3 rings (SSSR count). The molecule has 1 saturated carbocycles. The van der Waals surface area contributed by atoms with Crippen molar-refractivity contribution in [2.75, 3.05) is 5.32 Å². The number of anilines is 1. The Hall–Kier alpha value is -1.40. The summed E-state index contributed by atoms with van der Waals surface area (Å²) < 4.78 is 1.07. The topological polar surface area (TPSA) is 54.0 Å². The predicted molar refractivity (Wildman–Crippen MR) is 84.2 cm³/mol. The number of thiazole rings is 1. The number of nitrogens with one attached hydrogen (secondary N) is 2. The van der Waals surface area contributed by atoms with E-state index in [1.807, 2.05) is 18.3 Å². The third-order valence-electron chi connectivity index (χ3n) is 2.98. The van der Waals surface area contributed by atoms with Gasteiger partial charge in [-0.2, -0.15) is 0 Å². The van der Waals surface area contributed by atoms with Crippen LogP contribution in [0.4, 0.5) is 9.93 Å². The summed E-state index contributed by atoms with van der Waals surface area (Å²) in [5.41, 5.74) is 1.23. The van der Waals surface area contributed by atoms with Crippen LogP contribution in [-0.4, -0.2) is 17.1 Å². The molecule has 0 radical (unpaired) electrons. The number of carbonyl (C=O) groups excluding carboxylic acids is 1. The van der Waals surface area contributed by atoms with Crippen LogP contribution in [0.25, 0.3) is 0 Å². The normalized spacial score (nSPS) is 14.1. The molecule has 20 heavy (non-hydrogen) atoms. The minimum absolute atomic E-state index is 0.156. The van der Waals surface area contributed by atoms with E-state index >= 15 is 0 Å². The maximum absolute atomic E-state index is 11.6. The fourth-order valence-electron chi connectivity index (χ4n) is 1.80. The Morgan fingerprint density at radius 3 is 2.80 bits per heavy atom. The number of rotatable bonds is 4. The fraction of sp³-hybridized carbons (Fsp3) is 0.286. The number of hydrogen-bond donors (Lipinski definition) is 2. The molecule has 6 heteroatoms. The molecule has 1 aromatic heterocycles. The number of carbonyl (C=O) groups is 1. The summed E-state index contributed by atoms with van der Waals surface area (Å²) in [5.74, 6) is 0. The smallest absolute Gasteiger partial charge is 0.321 e. The molecule has 2 amide bonds. The SMILES string of the molecule is O=C(Nc1ncc(Cc2ccc(Br)cc2)s1)NC1CC1. The minimum Gasteiger partial charge on any atom is -0.335 e. The summed E-state index contributed by atoms with van der Waals surface area (Å²) in [5, 5.41) is 6.31. The number of benzene rings is 1. The molecular formula is C14H14BrN3OS. The van der Waals surface area contributed by atoms with Crippen molar-refractivity contribution in [1.82, 2.24) is 10.3 Å². The van der Waals surface area contributed by atoms with E-state index < -0.39 is 0 Å². The van der Waals surface area contributed by atoms with Gasteiger partial charge in [0.05, 0.1) is 0 Å². The number of nitrogens with zero attached hydrogens (tertiary/aromatic N) is 1. The highest BCUT2D eigenvalue weighted by Gasteiger charge is 2.23. The van der Waals surface area contributed by atoms with Crippen LogP contribution in [0.15, 0.2) is 34.9 Å². The zero-order chi connectivity index (χ0) is 13.9. The van der Waals surface area contributed by atoms with Crippen molar-refractivity contribution in [2.45, 2.75) is 25.3 Å². The van der Waals surface area contributed by atoms with Gasteiger partial charge in [0.15, 0.2) is 5.13 Å². The summed E-state index contributed by atoms with van der Waals surface area (Å²) in [6, 6.07) is 8.42. The van der Waals surface area contributed by atoms with Crippen molar-refractivity contribution in [1.29, 1.82) is 0 Å². The molecule has 0 spiro atoms. The Morgan fingerprint density at radius 2 is 2.10 bits per heavy atom. The lowest BCUT2D eigenvalue weighted by Crippen LogP contribution is -2.30. The Morgan fingerprint density at radius 1 is 1.35 bits per heavy atom. The molecule has 2 N–H and O–H groups in total. The molecule has 1 aromatic carbocycles. The second-order valence-electron chi connectivity index (χ2n) is 4.81. The molecule has 2 aromatic rings. The van der Waals surface area contributed by atoms with Crippen molar-refractivity contribution in [2.24, 2.45) is 0 Å².